The maximum Gasteiger partial charge on any atom is 0.0415 e. The quantitative estimate of drug-likeness (QED) is 0.723. The molecule has 11 heavy (non-hydrogen) atoms. The summed E-state index contributed by atoms with van der Waals surface area (Å²) >= 11 is 1.76. The largest absolute Gasteiger partial charge is 0.323 e. The van der Waals surface area contributed by atoms with Crippen LogP contribution in [0.1, 0.15) is 30.3 Å². The smallest absolute Gasteiger partial charge is 0.0415 e. The second-order valence-electron chi connectivity index (χ2n) is 3.24. The summed E-state index contributed by atoms with van der Waals surface area (Å²) in [7, 11) is 0. The molecule has 0 spiro atoms. The van der Waals surface area contributed by atoms with Gasteiger partial charge in [0, 0.05) is 10.9 Å². The molecule has 0 saturated carbocycles. The normalized spacial score (nSPS) is 13.9. The molecule has 0 aliphatic carbocycles. The van der Waals surface area contributed by atoms with Crippen LogP contribution in [0.15, 0.2) is 11.4 Å². The molecule has 0 unspecified atom stereocenters. The van der Waals surface area contributed by atoms with Gasteiger partial charge >= 0.3 is 0 Å². The van der Waals surface area contributed by atoms with Crippen molar-refractivity contribution >= 4 is 11.3 Å². The van der Waals surface area contributed by atoms with E-state index in [1.54, 1.807) is 11.3 Å². The van der Waals surface area contributed by atoms with Crippen LogP contribution in [0.3, 0.4) is 0 Å². The Morgan fingerprint density at radius 3 is 2.45 bits per heavy atom. The van der Waals surface area contributed by atoms with Crippen molar-refractivity contribution in [3.8, 4) is 0 Å². The lowest BCUT2D eigenvalue weighted by atomic mass is 10.0. The fourth-order valence-corrected chi connectivity index (χ4v) is 2.13. The molecule has 1 nitrogen and oxygen atoms in total. The van der Waals surface area contributed by atoms with Gasteiger partial charge in [0.2, 0.25) is 0 Å². The lowest BCUT2D eigenvalue weighted by Crippen LogP contribution is -2.15. The molecule has 1 rings (SSSR count). The fraction of sp³-hybridized carbons (Fsp3) is 0.556. The maximum atomic E-state index is 5.99. The van der Waals surface area contributed by atoms with E-state index in [1.807, 2.05) is 0 Å². The highest BCUT2D eigenvalue weighted by atomic mass is 32.1. The van der Waals surface area contributed by atoms with Crippen LogP contribution in [-0.2, 0) is 0 Å². The number of rotatable bonds is 2. The Morgan fingerprint density at radius 2 is 2.09 bits per heavy atom. The zero-order valence-electron chi connectivity index (χ0n) is 7.29. The molecule has 1 aromatic rings. The Labute approximate surface area is 72.2 Å². The molecular weight excluding hydrogens is 154 g/mol. The van der Waals surface area contributed by atoms with Gasteiger partial charge in [0.1, 0.15) is 0 Å². The maximum absolute atomic E-state index is 5.99. The first-order valence-corrected chi connectivity index (χ1v) is 4.80. The number of aryl methyl sites for hydroxylation is 1. The van der Waals surface area contributed by atoms with Crippen molar-refractivity contribution in [3.63, 3.8) is 0 Å². The van der Waals surface area contributed by atoms with Gasteiger partial charge in [-0.25, -0.2) is 0 Å². The van der Waals surface area contributed by atoms with Crippen LogP contribution in [0, 0.1) is 12.8 Å². The third-order valence-corrected chi connectivity index (χ3v) is 3.04. The number of hydrogen-bond acceptors (Lipinski definition) is 2. The first-order chi connectivity index (χ1) is 5.13. The summed E-state index contributed by atoms with van der Waals surface area (Å²) in [6, 6.07) is 2.34. The summed E-state index contributed by atoms with van der Waals surface area (Å²) in [5.41, 5.74) is 7.32. The summed E-state index contributed by atoms with van der Waals surface area (Å²) < 4.78 is 0. The Morgan fingerprint density at radius 1 is 1.45 bits per heavy atom. The SMILES string of the molecule is Cc1ccsc1[C@@H](N)C(C)C. The molecule has 1 heterocycles. The molecule has 1 atom stereocenters. The molecule has 0 amide bonds. The van der Waals surface area contributed by atoms with E-state index in [9.17, 15) is 0 Å². The van der Waals surface area contributed by atoms with E-state index in [-0.39, 0.29) is 6.04 Å². The minimum absolute atomic E-state index is 0.218. The molecule has 0 aliphatic rings. The van der Waals surface area contributed by atoms with Gasteiger partial charge in [0.25, 0.3) is 0 Å². The van der Waals surface area contributed by atoms with E-state index in [4.69, 9.17) is 5.73 Å². The summed E-state index contributed by atoms with van der Waals surface area (Å²) in [4.78, 5) is 1.33. The molecule has 2 heteroatoms. The highest BCUT2D eigenvalue weighted by molar-refractivity contribution is 7.10. The highest BCUT2D eigenvalue weighted by Crippen LogP contribution is 2.26. The van der Waals surface area contributed by atoms with Crippen LogP contribution < -0.4 is 5.73 Å². The minimum Gasteiger partial charge on any atom is -0.323 e. The Balaban J connectivity index is 2.84. The van der Waals surface area contributed by atoms with Crippen LogP contribution in [0.25, 0.3) is 0 Å². The van der Waals surface area contributed by atoms with Crippen molar-refractivity contribution in [2.45, 2.75) is 26.8 Å². The van der Waals surface area contributed by atoms with Gasteiger partial charge in [-0.15, -0.1) is 11.3 Å². The molecule has 0 aliphatic heterocycles. The summed E-state index contributed by atoms with van der Waals surface area (Å²) in [6.45, 7) is 6.43. The minimum atomic E-state index is 0.218. The van der Waals surface area contributed by atoms with Gasteiger partial charge < -0.3 is 5.73 Å². The predicted molar refractivity (Wildman–Crippen MR) is 50.8 cm³/mol. The second kappa shape index (κ2) is 3.37. The number of nitrogens with two attached hydrogens (primary N) is 1. The molecular formula is C9H15NS. The van der Waals surface area contributed by atoms with Crippen LogP contribution in [-0.4, -0.2) is 0 Å². The second-order valence-corrected chi connectivity index (χ2v) is 4.19. The predicted octanol–water partition coefficient (Wildman–Crippen LogP) is 2.71. The molecule has 0 bridgehead atoms. The van der Waals surface area contributed by atoms with E-state index >= 15 is 0 Å². The monoisotopic (exact) mass is 169 g/mol. The molecule has 0 radical (unpaired) electrons. The van der Waals surface area contributed by atoms with Gasteiger partial charge in [-0.1, -0.05) is 13.8 Å². The Kier molecular flexibility index (Phi) is 2.68. The Bertz CT molecular complexity index is 227. The topological polar surface area (TPSA) is 26.0 Å². The first-order valence-electron chi connectivity index (χ1n) is 3.92. The van der Waals surface area contributed by atoms with Gasteiger partial charge in [0.05, 0.1) is 0 Å². The summed E-state index contributed by atoms with van der Waals surface area (Å²) in [5, 5.41) is 2.10. The summed E-state index contributed by atoms with van der Waals surface area (Å²) in [5.74, 6) is 0.535. The number of hydrogen-bond donors (Lipinski definition) is 1. The molecule has 0 fully saturated rings. The molecule has 1 aromatic heterocycles. The van der Waals surface area contributed by atoms with E-state index in [0.29, 0.717) is 5.92 Å². The number of thiophene rings is 1. The van der Waals surface area contributed by atoms with Crippen LogP contribution in [0.5, 0.6) is 0 Å². The zero-order valence-corrected chi connectivity index (χ0v) is 8.11. The van der Waals surface area contributed by atoms with Crippen LogP contribution >= 0.6 is 11.3 Å². The summed E-state index contributed by atoms with van der Waals surface area (Å²) in [6.07, 6.45) is 0. The zero-order chi connectivity index (χ0) is 8.43. The van der Waals surface area contributed by atoms with Crippen molar-refractivity contribution < 1.29 is 0 Å². The van der Waals surface area contributed by atoms with E-state index in [1.165, 1.54) is 10.4 Å². The van der Waals surface area contributed by atoms with Crippen LogP contribution in [0.2, 0.25) is 0 Å². The van der Waals surface area contributed by atoms with Gasteiger partial charge in [-0.3, -0.25) is 0 Å². The van der Waals surface area contributed by atoms with Gasteiger partial charge in [-0.2, -0.15) is 0 Å². The third kappa shape index (κ3) is 1.82. The lowest BCUT2D eigenvalue weighted by Gasteiger charge is -2.14. The first kappa shape index (κ1) is 8.75. The van der Waals surface area contributed by atoms with Crippen molar-refractivity contribution in [2.75, 3.05) is 0 Å². The average molecular weight is 169 g/mol. The third-order valence-electron chi connectivity index (χ3n) is 1.92. The van der Waals surface area contributed by atoms with Gasteiger partial charge in [-0.05, 0) is 29.9 Å². The lowest BCUT2D eigenvalue weighted by molar-refractivity contribution is 0.520. The average Bonchev–Trinajstić information content (AvgIpc) is 2.33. The fourth-order valence-electron chi connectivity index (χ4n) is 1.03. The van der Waals surface area contributed by atoms with Crippen molar-refractivity contribution in [1.82, 2.24) is 0 Å². The molecule has 2 N–H and O–H groups in total. The molecule has 62 valence electrons. The molecule has 0 aromatic carbocycles. The van der Waals surface area contributed by atoms with Crippen molar-refractivity contribution in [1.29, 1.82) is 0 Å². The van der Waals surface area contributed by atoms with E-state index in [2.05, 4.69) is 32.2 Å². The Hall–Kier alpha value is -0.340. The van der Waals surface area contributed by atoms with Gasteiger partial charge in [0.15, 0.2) is 0 Å². The van der Waals surface area contributed by atoms with E-state index < -0.39 is 0 Å². The molecule has 0 saturated heterocycles. The standard InChI is InChI=1S/C9H15NS/c1-6(2)8(10)9-7(3)4-5-11-9/h4-6,8H,10H2,1-3H3/t8-/m0/s1. The highest BCUT2D eigenvalue weighted by Gasteiger charge is 2.13. The van der Waals surface area contributed by atoms with Crippen LogP contribution in [0.4, 0.5) is 0 Å². The van der Waals surface area contributed by atoms with E-state index in [0.717, 1.165) is 0 Å². The van der Waals surface area contributed by atoms with Crippen molar-refractivity contribution in [2.24, 2.45) is 11.7 Å². The van der Waals surface area contributed by atoms with Crippen molar-refractivity contribution in [3.05, 3.63) is 21.9 Å².